The highest BCUT2D eigenvalue weighted by Gasteiger charge is 2.56. The van der Waals surface area contributed by atoms with Crippen molar-refractivity contribution in [3.8, 4) is 0 Å². The number of fused-ring (bicyclic) bond motifs is 1. The summed E-state index contributed by atoms with van der Waals surface area (Å²) in [5.74, 6) is 1.23. The van der Waals surface area contributed by atoms with Crippen molar-refractivity contribution in [2.75, 3.05) is 0 Å². The van der Waals surface area contributed by atoms with E-state index in [2.05, 4.69) is 19.9 Å². The zero-order chi connectivity index (χ0) is 16.1. The third kappa shape index (κ3) is 2.03. The third-order valence-corrected chi connectivity index (χ3v) is 6.27. The van der Waals surface area contributed by atoms with Gasteiger partial charge in [0.1, 0.15) is 5.60 Å². The Kier molecular flexibility index (Phi) is 3.24. The minimum absolute atomic E-state index is 0.293. The van der Waals surface area contributed by atoms with Crippen LogP contribution in [0.15, 0.2) is 72.3 Å². The molecule has 0 radical (unpaired) electrons. The van der Waals surface area contributed by atoms with Gasteiger partial charge in [-0.05, 0) is 46.8 Å². The molecule has 0 saturated heterocycles. The second-order valence-electron chi connectivity index (χ2n) is 7.64. The van der Waals surface area contributed by atoms with Crippen LogP contribution < -0.4 is 0 Å². The van der Waals surface area contributed by atoms with Crippen LogP contribution in [-0.4, -0.2) is 5.11 Å². The highest BCUT2D eigenvalue weighted by Crippen LogP contribution is 2.62. The van der Waals surface area contributed by atoms with Crippen LogP contribution in [-0.2, 0) is 5.60 Å². The number of hydrogen-bond donors (Lipinski definition) is 1. The summed E-state index contributed by atoms with van der Waals surface area (Å²) in [6.45, 7) is 4.71. The molecule has 2 atom stereocenters. The van der Waals surface area contributed by atoms with Gasteiger partial charge in [0.15, 0.2) is 0 Å². The third-order valence-electron chi connectivity index (χ3n) is 6.27. The van der Waals surface area contributed by atoms with Crippen LogP contribution in [0.3, 0.4) is 0 Å². The van der Waals surface area contributed by atoms with Crippen molar-refractivity contribution in [3.63, 3.8) is 0 Å². The maximum absolute atomic E-state index is 11.9. The summed E-state index contributed by atoms with van der Waals surface area (Å²) in [5, 5.41) is 11.9. The Balaban J connectivity index is 1.89. The molecular weight excluding hydrogens is 280 g/mol. The lowest BCUT2D eigenvalue weighted by atomic mass is 9.46. The van der Waals surface area contributed by atoms with Crippen LogP contribution in [0.25, 0.3) is 0 Å². The molecule has 2 aromatic rings. The molecular formula is C22H24O. The van der Waals surface area contributed by atoms with Crippen LogP contribution >= 0.6 is 0 Å². The highest BCUT2D eigenvalue weighted by atomic mass is 16.3. The van der Waals surface area contributed by atoms with Crippen molar-refractivity contribution < 1.29 is 5.11 Å². The van der Waals surface area contributed by atoms with Gasteiger partial charge in [-0.25, -0.2) is 0 Å². The van der Waals surface area contributed by atoms with Gasteiger partial charge in [-0.1, -0.05) is 80.6 Å². The number of allylic oxidation sites excluding steroid dienone is 1. The normalized spacial score (nSPS) is 25.4. The second-order valence-corrected chi connectivity index (χ2v) is 7.64. The fourth-order valence-electron chi connectivity index (χ4n) is 4.61. The molecule has 0 aromatic heterocycles. The van der Waals surface area contributed by atoms with E-state index in [4.69, 9.17) is 0 Å². The summed E-state index contributed by atoms with van der Waals surface area (Å²) in [6, 6.07) is 20.3. The maximum Gasteiger partial charge on any atom is 0.136 e. The first-order chi connectivity index (χ1) is 11.0. The van der Waals surface area contributed by atoms with Crippen molar-refractivity contribution in [2.45, 2.75) is 32.3 Å². The fourth-order valence-corrected chi connectivity index (χ4v) is 4.61. The predicted molar refractivity (Wildman–Crippen MR) is 94.0 cm³/mol. The second kappa shape index (κ2) is 5.07. The Morgan fingerprint density at radius 2 is 1.43 bits per heavy atom. The summed E-state index contributed by atoms with van der Waals surface area (Å²) in [4.78, 5) is 0. The molecule has 0 aliphatic heterocycles. The molecule has 3 aliphatic carbocycles. The lowest BCUT2D eigenvalue weighted by Crippen LogP contribution is -2.52. The summed E-state index contributed by atoms with van der Waals surface area (Å²) in [7, 11) is 0. The molecule has 2 bridgehead atoms. The van der Waals surface area contributed by atoms with Gasteiger partial charge < -0.3 is 5.11 Å². The number of benzene rings is 2. The highest BCUT2D eigenvalue weighted by molar-refractivity contribution is 5.48. The summed E-state index contributed by atoms with van der Waals surface area (Å²) in [5.41, 5.74) is 2.41. The standard InChI is InChI=1S/C22H24O/c1-21(2)18-13-14-19(20(21)15-18)22(23,16-9-5-3-6-10-16)17-11-7-4-8-12-17/h3-12,14,18,20,23H,13,15H2,1-2H3/t18-,20-/m0/s1. The average Bonchev–Trinajstić information content (AvgIpc) is 2.62. The first-order valence-corrected chi connectivity index (χ1v) is 8.58. The van der Waals surface area contributed by atoms with Gasteiger partial charge in [0.25, 0.3) is 0 Å². The quantitative estimate of drug-likeness (QED) is 0.798. The van der Waals surface area contributed by atoms with Crippen LogP contribution in [0.5, 0.6) is 0 Å². The molecule has 23 heavy (non-hydrogen) atoms. The molecule has 118 valence electrons. The molecule has 1 fully saturated rings. The van der Waals surface area contributed by atoms with E-state index in [1.165, 1.54) is 12.0 Å². The minimum atomic E-state index is -1.02. The molecule has 0 spiro atoms. The zero-order valence-corrected chi connectivity index (χ0v) is 13.9. The lowest BCUT2D eigenvalue weighted by molar-refractivity contribution is -0.0361. The zero-order valence-electron chi connectivity index (χ0n) is 13.9. The molecule has 0 unspecified atom stereocenters. The van der Waals surface area contributed by atoms with E-state index in [0.29, 0.717) is 11.3 Å². The average molecular weight is 304 g/mol. The Labute approximate surface area is 138 Å². The van der Waals surface area contributed by atoms with Crippen LogP contribution in [0.4, 0.5) is 0 Å². The molecule has 1 N–H and O–H groups in total. The number of aliphatic hydroxyl groups is 1. The van der Waals surface area contributed by atoms with Crippen LogP contribution in [0, 0.1) is 17.3 Å². The van der Waals surface area contributed by atoms with E-state index in [1.54, 1.807) is 0 Å². The number of rotatable bonds is 3. The van der Waals surface area contributed by atoms with Crippen molar-refractivity contribution >= 4 is 0 Å². The smallest absolute Gasteiger partial charge is 0.136 e. The summed E-state index contributed by atoms with van der Waals surface area (Å²) < 4.78 is 0. The van der Waals surface area contributed by atoms with E-state index < -0.39 is 5.60 Å². The van der Waals surface area contributed by atoms with Gasteiger partial charge in [-0.15, -0.1) is 0 Å². The van der Waals surface area contributed by atoms with Crippen molar-refractivity contribution in [3.05, 3.63) is 83.4 Å². The molecule has 2 aromatic carbocycles. The molecule has 0 amide bonds. The van der Waals surface area contributed by atoms with E-state index in [-0.39, 0.29) is 0 Å². The molecule has 3 aliphatic rings. The molecule has 0 heterocycles. The van der Waals surface area contributed by atoms with Gasteiger partial charge in [-0.3, -0.25) is 0 Å². The van der Waals surface area contributed by atoms with E-state index in [1.807, 2.05) is 60.7 Å². The lowest BCUT2D eigenvalue weighted by Gasteiger charge is -2.59. The van der Waals surface area contributed by atoms with Gasteiger partial charge >= 0.3 is 0 Å². The maximum atomic E-state index is 11.9. The Morgan fingerprint density at radius 3 is 1.87 bits per heavy atom. The van der Waals surface area contributed by atoms with Gasteiger partial charge in [0.05, 0.1) is 0 Å². The summed E-state index contributed by atoms with van der Waals surface area (Å²) >= 11 is 0. The largest absolute Gasteiger partial charge is 0.376 e. The number of hydrogen-bond acceptors (Lipinski definition) is 1. The van der Waals surface area contributed by atoms with Crippen LogP contribution in [0.1, 0.15) is 37.8 Å². The Hall–Kier alpha value is -1.86. The van der Waals surface area contributed by atoms with Gasteiger partial charge in [0.2, 0.25) is 0 Å². The Morgan fingerprint density at radius 1 is 0.913 bits per heavy atom. The minimum Gasteiger partial charge on any atom is -0.376 e. The van der Waals surface area contributed by atoms with Crippen LogP contribution in [0.2, 0.25) is 0 Å². The van der Waals surface area contributed by atoms with E-state index in [9.17, 15) is 5.11 Å². The first-order valence-electron chi connectivity index (χ1n) is 8.58. The van der Waals surface area contributed by atoms with Crippen molar-refractivity contribution in [1.29, 1.82) is 0 Å². The van der Waals surface area contributed by atoms with E-state index in [0.717, 1.165) is 23.5 Å². The topological polar surface area (TPSA) is 20.2 Å². The predicted octanol–water partition coefficient (Wildman–Crippen LogP) is 4.91. The molecule has 1 saturated carbocycles. The fraction of sp³-hybridized carbons (Fsp3) is 0.364. The van der Waals surface area contributed by atoms with E-state index >= 15 is 0 Å². The first kappa shape index (κ1) is 14.7. The monoisotopic (exact) mass is 304 g/mol. The summed E-state index contributed by atoms with van der Waals surface area (Å²) in [6.07, 6.45) is 4.60. The van der Waals surface area contributed by atoms with Gasteiger partial charge in [-0.2, -0.15) is 0 Å². The van der Waals surface area contributed by atoms with Crippen molar-refractivity contribution in [1.82, 2.24) is 0 Å². The van der Waals surface area contributed by atoms with Gasteiger partial charge in [0, 0.05) is 0 Å². The molecule has 5 rings (SSSR count). The Bertz CT molecular complexity index is 688. The SMILES string of the molecule is CC1(C)[C@H]2CC=C(C(O)(c3ccccc3)c3ccccc3)[C@@H]1C2. The van der Waals surface area contributed by atoms with Crippen molar-refractivity contribution in [2.24, 2.45) is 17.3 Å². The molecule has 1 nitrogen and oxygen atoms in total. The molecule has 1 heteroatoms.